The van der Waals surface area contributed by atoms with Crippen molar-refractivity contribution in [3.63, 3.8) is 0 Å². The summed E-state index contributed by atoms with van der Waals surface area (Å²) in [5, 5.41) is 3.13. The highest BCUT2D eigenvalue weighted by atomic mass is 32.1. The van der Waals surface area contributed by atoms with E-state index in [1.54, 1.807) is 11.3 Å². The molecule has 1 aliphatic heterocycles. The fourth-order valence-corrected chi connectivity index (χ4v) is 2.99. The van der Waals surface area contributed by atoms with E-state index in [9.17, 15) is 4.39 Å². The average molecular weight is 213 g/mol. The first-order chi connectivity index (χ1) is 6.68. The van der Waals surface area contributed by atoms with Crippen LogP contribution in [0, 0.1) is 6.92 Å². The number of hydrogen-bond donors (Lipinski definition) is 1. The third-order valence-electron chi connectivity index (χ3n) is 2.71. The minimum absolute atomic E-state index is 0.518. The summed E-state index contributed by atoms with van der Waals surface area (Å²) in [5.41, 5.74) is -1.00. The highest BCUT2D eigenvalue weighted by Gasteiger charge is 2.32. The highest BCUT2D eigenvalue weighted by molar-refractivity contribution is 7.11. The molecule has 1 nitrogen and oxygen atoms in total. The molecule has 0 aromatic carbocycles. The van der Waals surface area contributed by atoms with Crippen LogP contribution in [0.1, 0.15) is 22.6 Å². The standard InChI is InChI=1S/C11H16FNS/c1-9-3-4-10(14-9)7-11(12)5-2-6-13-8-11/h3-4,13H,2,5-8H2,1H3. The largest absolute Gasteiger partial charge is 0.314 e. The Morgan fingerprint density at radius 1 is 1.57 bits per heavy atom. The predicted octanol–water partition coefficient (Wildman–Crippen LogP) is 2.69. The van der Waals surface area contributed by atoms with E-state index in [4.69, 9.17) is 0 Å². The van der Waals surface area contributed by atoms with Crippen LogP contribution in [0.4, 0.5) is 4.39 Å². The van der Waals surface area contributed by atoms with Crippen molar-refractivity contribution in [1.29, 1.82) is 0 Å². The van der Waals surface area contributed by atoms with Gasteiger partial charge in [0.05, 0.1) is 0 Å². The third-order valence-corrected chi connectivity index (χ3v) is 3.71. The number of hydrogen-bond acceptors (Lipinski definition) is 2. The first-order valence-corrected chi connectivity index (χ1v) is 5.95. The smallest absolute Gasteiger partial charge is 0.128 e. The maximum absolute atomic E-state index is 14.2. The lowest BCUT2D eigenvalue weighted by molar-refractivity contribution is 0.123. The van der Waals surface area contributed by atoms with Crippen LogP contribution in [0.15, 0.2) is 12.1 Å². The quantitative estimate of drug-likeness (QED) is 0.796. The minimum atomic E-state index is -1.00. The number of aryl methyl sites for hydroxylation is 1. The molecule has 1 aromatic heterocycles. The van der Waals surface area contributed by atoms with Crippen LogP contribution in [0.5, 0.6) is 0 Å². The summed E-state index contributed by atoms with van der Waals surface area (Å²) in [6.45, 7) is 3.55. The molecule has 2 heterocycles. The van der Waals surface area contributed by atoms with E-state index in [-0.39, 0.29) is 0 Å². The Kier molecular flexibility index (Phi) is 2.88. The molecule has 0 aliphatic carbocycles. The molecule has 1 N–H and O–H groups in total. The molecule has 0 radical (unpaired) electrons. The van der Waals surface area contributed by atoms with Gasteiger partial charge in [0.15, 0.2) is 0 Å². The van der Waals surface area contributed by atoms with Crippen LogP contribution in [-0.4, -0.2) is 18.8 Å². The van der Waals surface area contributed by atoms with E-state index in [0.29, 0.717) is 19.4 Å². The van der Waals surface area contributed by atoms with Gasteiger partial charge >= 0.3 is 0 Å². The fourth-order valence-electron chi connectivity index (χ4n) is 1.97. The van der Waals surface area contributed by atoms with Crippen LogP contribution in [0.3, 0.4) is 0 Å². The van der Waals surface area contributed by atoms with Crippen molar-refractivity contribution in [3.8, 4) is 0 Å². The number of alkyl halides is 1. The summed E-state index contributed by atoms with van der Waals surface area (Å²) in [6.07, 6.45) is 2.25. The molecule has 1 atom stereocenters. The zero-order chi connectivity index (χ0) is 10.0. The van der Waals surface area contributed by atoms with E-state index in [1.807, 2.05) is 0 Å². The number of nitrogens with one attached hydrogen (secondary N) is 1. The van der Waals surface area contributed by atoms with Gasteiger partial charge in [-0.15, -0.1) is 11.3 Å². The molecule has 3 heteroatoms. The Morgan fingerprint density at radius 3 is 3.00 bits per heavy atom. The molecule has 0 bridgehead atoms. The second-order valence-electron chi connectivity index (χ2n) is 4.12. The van der Waals surface area contributed by atoms with Crippen LogP contribution >= 0.6 is 11.3 Å². The molecule has 14 heavy (non-hydrogen) atoms. The first-order valence-electron chi connectivity index (χ1n) is 5.13. The van der Waals surface area contributed by atoms with Crippen molar-refractivity contribution >= 4 is 11.3 Å². The van der Waals surface area contributed by atoms with Crippen molar-refractivity contribution in [1.82, 2.24) is 5.32 Å². The van der Waals surface area contributed by atoms with Crippen molar-refractivity contribution < 1.29 is 4.39 Å². The fraction of sp³-hybridized carbons (Fsp3) is 0.636. The number of halogens is 1. The van der Waals surface area contributed by atoms with Crippen LogP contribution in [-0.2, 0) is 6.42 Å². The summed E-state index contributed by atoms with van der Waals surface area (Å²) >= 11 is 1.71. The molecule has 2 rings (SSSR count). The minimum Gasteiger partial charge on any atom is -0.314 e. The Hall–Kier alpha value is -0.410. The zero-order valence-corrected chi connectivity index (χ0v) is 9.29. The van der Waals surface area contributed by atoms with E-state index in [2.05, 4.69) is 24.4 Å². The second kappa shape index (κ2) is 3.99. The van der Waals surface area contributed by atoms with E-state index >= 15 is 0 Å². The van der Waals surface area contributed by atoms with Gasteiger partial charge in [-0.05, 0) is 38.4 Å². The van der Waals surface area contributed by atoms with Gasteiger partial charge < -0.3 is 5.32 Å². The molecule has 1 aromatic rings. The number of rotatable bonds is 2. The monoisotopic (exact) mass is 213 g/mol. The molecular weight excluding hydrogens is 197 g/mol. The Balaban J connectivity index is 2.01. The lowest BCUT2D eigenvalue weighted by atomic mass is 9.92. The maximum atomic E-state index is 14.2. The Labute approximate surface area is 88.3 Å². The molecule has 78 valence electrons. The predicted molar refractivity (Wildman–Crippen MR) is 58.7 cm³/mol. The topological polar surface area (TPSA) is 12.0 Å². The zero-order valence-electron chi connectivity index (χ0n) is 8.48. The van der Waals surface area contributed by atoms with Crippen molar-refractivity contribution in [2.24, 2.45) is 0 Å². The second-order valence-corrected chi connectivity index (χ2v) is 5.49. The maximum Gasteiger partial charge on any atom is 0.128 e. The number of thiophene rings is 1. The van der Waals surface area contributed by atoms with Gasteiger partial charge in [0, 0.05) is 22.7 Å². The molecule has 1 aliphatic rings. The van der Waals surface area contributed by atoms with Crippen molar-refractivity contribution in [3.05, 3.63) is 21.9 Å². The lowest BCUT2D eigenvalue weighted by Crippen LogP contribution is -2.43. The van der Waals surface area contributed by atoms with Gasteiger partial charge in [0.1, 0.15) is 5.67 Å². The number of piperidine rings is 1. The molecule has 0 spiro atoms. The van der Waals surface area contributed by atoms with Gasteiger partial charge in [-0.2, -0.15) is 0 Å². The molecule has 1 saturated heterocycles. The molecule has 1 fully saturated rings. The molecule has 1 unspecified atom stereocenters. The normalized spacial score (nSPS) is 27.9. The van der Waals surface area contributed by atoms with Gasteiger partial charge in [-0.3, -0.25) is 0 Å². The summed E-state index contributed by atoms with van der Waals surface area (Å²) in [5.74, 6) is 0. The van der Waals surface area contributed by atoms with Gasteiger partial charge in [-0.25, -0.2) is 4.39 Å². The third kappa shape index (κ3) is 2.34. The highest BCUT2D eigenvalue weighted by Crippen LogP contribution is 2.28. The van der Waals surface area contributed by atoms with Crippen molar-refractivity contribution in [2.75, 3.05) is 13.1 Å². The lowest BCUT2D eigenvalue weighted by Gasteiger charge is -2.29. The van der Waals surface area contributed by atoms with Crippen LogP contribution < -0.4 is 5.32 Å². The Morgan fingerprint density at radius 2 is 2.43 bits per heavy atom. The first kappa shape index (κ1) is 10.1. The summed E-state index contributed by atoms with van der Waals surface area (Å²) in [4.78, 5) is 2.45. The Bertz CT molecular complexity index is 302. The van der Waals surface area contributed by atoms with Crippen molar-refractivity contribution in [2.45, 2.75) is 31.9 Å². The average Bonchev–Trinajstić information content (AvgIpc) is 2.51. The van der Waals surface area contributed by atoms with Gasteiger partial charge in [0.25, 0.3) is 0 Å². The summed E-state index contributed by atoms with van der Waals surface area (Å²) in [7, 11) is 0. The van der Waals surface area contributed by atoms with Gasteiger partial charge in [-0.1, -0.05) is 0 Å². The van der Waals surface area contributed by atoms with Crippen LogP contribution in [0.25, 0.3) is 0 Å². The summed E-state index contributed by atoms with van der Waals surface area (Å²) in [6, 6.07) is 4.12. The van der Waals surface area contributed by atoms with E-state index < -0.39 is 5.67 Å². The molecule has 0 saturated carbocycles. The van der Waals surface area contributed by atoms with E-state index in [1.165, 1.54) is 9.75 Å². The van der Waals surface area contributed by atoms with Crippen LogP contribution in [0.2, 0.25) is 0 Å². The van der Waals surface area contributed by atoms with Gasteiger partial charge in [0.2, 0.25) is 0 Å². The summed E-state index contributed by atoms with van der Waals surface area (Å²) < 4.78 is 14.2. The SMILES string of the molecule is Cc1ccc(CC2(F)CCCNC2)s1. The van der Waals surface area contributed by atoms with E-state index in [0.717, 1.165) is 13.0 Å². The molecular formula is C11H16FNS. The molecule has 0 amide bonds.